The number of fused-ring (bicyclic) bond motifs is 2. The first-order valence-electron chi connectivity index (χ1n) is 14.2. The summed E-state index contributed by atoms with van der Waals surface area (Å²) < 4.78 is 2.05. The fourth-order valence-electron chi connectivity index (χ4n) is 5.72. The fraction of sp³-hybridized carbons (Fsp3) is 0.406. The number of unbranched alkanes of at least 4 members (excludes halogenated alkanes) is 4. The van der Waals surface area contributed by atoms with Crippen LogP contribution in [0.3, 0.4) is 0 Å². The topological polar surface area (TPSA) is 50.1 Å². The summed E-state index contributed by atoms with van der Waals surface area (Å²) in [6, 6.07) is 18.6. The molecule has 5 rings (SSSR count). The van der Waals surface area contributed by atoms with E-state index in [1.807, 2.05) is 22.9 Å². The second kappa shape index (κ2) is 12.9. The lowest BCUT2D eigenvalue weighted by Crippen LogP contribution is -2.45. The molecular weight excluding hydrogens is 595 g/mol. The van der Waals surface area contributed by atoms with Crippen molar-refractivity contribution in [3.05, 3.63) is 78.1 Å². The predicted molar refractivity (Wildman–Crippen MR) is 175 cm³/mol. The van der Waals surface area contributed by atoms with Crippen molar-refractivity contribution in [2.45, 2.75) is 72.4 Å². The molecule has 0 unspecified atom stereocenters. The Balaban J connectivity index is 0.00000353. The molecule has 4 aromatic rings. The highest BCUT2D eigenvalue weighted by Gasteiger charge is 2.41. The lowest BCUT2D eigenvalue weighted by molar-refractivity contribution is 0.606. The van der Waals surface area contributed by atoms with E-state index in [9.17, 15) is 0 Å². The number of para-hydroxylation sites is 3. The maximum absolute atomic E-state index is 5.18. The van der Waals surface area contributed by atoms with Gasteiger partial charge in [0.25, 0.3) is 0 Å². The second-order valence-corrected chi connectivity index (χ2v) is 10.4. The summed E-state index contributed by atoms with van der Waals surface area (Å²) in [5.74, 6) is 1.96. The molecule has 0 amide bonds. The molecule has 0 spiro atoms. The summed E-state index contributed by atoms with van der Waals surface area (Å²) in [5.41, 5.74) is 7.27. The summed E-state index contributed by atoms with van der Waals surface area (Å²) in [5, 5.41) is 4.96. The van der Waals surface area contributed by atoms with E-state index in [1.54, 1.807) is 0 Å². The maximum atomic E-state index is 5.18. The molecule has 3 heterocycles. The number of aromatic nitrogens is 4. The van der Waals surface area contributed by atoms with Crippen molar-refractivity contribution in [2.75, 3.05) is 22.9 Å². The van der Waals surface area contributed by atoms with Crippen LogP contribution >= 0.6 is 24.0 Å². The summed E-state index contributed by atoms with van der Waals surface area (Å²) in [7, 11) is 0. The zero-order valence-corrected chi connectivity index (χ0v) is 26.1. The molecule has 6 nitrogen and oxygen atoms in total. The van der Waals surface area contributed by atoms with Gasteiger partial charge in [0.15, 0.2) is 11.6 Å². The molecule has 1 aliphatic heterocycles. The van der Waals surface area contributed by atoms with Gasteiger partial charge in [-0.05, 0) is 56.5 Å². The minimum absolute atomic E-state index is 0. The summed E-state index contributed by atoms with van der Waals surface area (Å²) >= 11 is 0. The van der Waals surface area contributed by atoms with Gasteiger partial charge in [-0.1, -0.05) is 76.4 Å². The van der Waals surface area contributed by atoms with Gasteiger partial charge in [0, 0.05) is 24.3 Å². The van der Waals surface area contributed by atoms with Gasteiger partial charge in [0.1, 0.15) is 6.17 Å². The Morgan fingerprint density at radius 2 is 1.28 bits per heavy atom. The molecule has 0 fully saturated rings. The van der Waals surface area contributed by atoms with Crippen LogP contribution in [0, 0.1) is 13.8 Å². The molecule has 7 heteroatoms. The van der Waals surface area contributed by atoms with Crippen molar-refractivity contribution in [1.29, 1.82) is 0 Å². The largest absolute Gasteiger partial charge is 0.329 e. The number of benzene rings is 2. The third-order valence-corrected chi connectivity index (χ3v) is 7.60. The molecule has 2 aromatic carbocycles. The van der Waals surface area contributed by atoms with E-state index in [1.165, 1.54) is 25.7 Å². The SMILES string of the molecule is C=C(c1c(C)nn(-c2ccccc2)c1C)C1N(CCCCC)c2nc3ccccc3nc2N1CCCCC.I. The molecule has 0 saturated carbocycles. The fourth-order valence-corrected chi connectivity index (χ4v) is 5.72. The first-order chi connectivity index (χ1) is 18.5. The Morgan fingerprint density at radius 3 is 1.79 bits per heavy atom. The van der Waals surface area contributed by atoms with Crippen LogP contribution < -0.4 is 9.80 Å². The van der Waals surface area contributed by atoms with E-state index >= 15 is 0 Å². The van der Waals surface area contributed by atoms with Gasteiger partial charge in [0.2, 0.25) is 0 Å². The zero-order valence-electron chi connectivity index (χ0n) is 23.7. The lowest BCUT2D eigenvalue weighted by atomic mass is 10.0. The maximum Gasteiger partial charge on any atom is 0.174 e. The summed E-state index contributed by atoms with van der Waals surface area (Å²) in [6.07, 6.45) is 6.91. The Hall–Kier alpha value is -2.94. The summed E-state index contributed by atoms with van der Waals surface area (Å²) in [6.45, 7) is 15.4. The van der Waals surface area contributed by atoms with Crippen molar-refractivity contribution in [3.8, 4) is 5.69 Å². The van der Waals surface area contributed by atoms with E-state index < -0.39 is 0 Å². The van der Waals surface area contributed by atoms with Crippen LogP contribution in [0.2, 0.25) is 0 Å². The molecule has 1 aliphatic rings. The second-order valence-electron chi connectivity index (χ2n) is 10.4. The van der Waals surface area contributed by atoms with Crippen molar-refractivity contribution >= 4 is 52.2 Å². The number of nitrogens with zero attached hydrogens (tertiary/aromatic N) is 6. The number of rotatable bonds is 11. The average molecular weight is 637 g/mol. The average Bonchev–Trinajstić information content (AvgIpc) is 3.40. The number of hydrogen-bond acceptors (Lipinski definition) is 5. The first-order valence-corrected chi connectivity index (χ1v) is 14.2. The van der Waals surface area contributed by atoms with E-state index in [0.717, 1.165) is 76.8 Å². The van der Waals surface area contributed by atoms with Gasteiger partial charge >= 0.3 is 0 Å². The molecule has 2 aromatic heterocycles. The highest BCUT2D eigenvalue weighted by molar-refractivity contribution is 14.0. The normalized spacial score (nSPS) is 13.1. The van der Waals surface area contributed by atoms with Crippen LogP contribution in [-0.2, 0) is 0 Å². The van der Waals surface area contributed by atoms with Gasteiger partial charge in [-0.3, -0.25) is 0 Å². The third-order valence-electron chi connectivity index (χ3n) is 7.60. The third kappa shape index (κ3) is 5.69. The van der Waals surface area contributed by atoms with Crippen molar-refractivity contribution < 1.29 is 0 Å². The van der Waals surface area contributed by atoms with Gasteiger partial charge in [-0.15, -0.1) is 24.0 Å². The van der Waals surface area contributed by atoms with Crippen molar-refractivity contribution in [1.82, 2.24) is 19.7 Å². The van der Waals surface area contributed by atoms with E-state index in [-0.39, 0.29) is 30.1 Å². The van der Waals surface area contributed by atoms with E-state index in [2.05, 4.69) is 73.9 Å². The highest BCUT2D eigenvalue weighted by Crippen LogP contribution is 2.43. The number of anilines is 2. The Labute approximate surface area is 250 Å². The predicted octanol–water partition coefficient (Wildman–Crippen LogP) is 8.10. The summed E-state index contributed by atoms with van der Waals surface area (Å²) in [4.78, 5) is 15.3. The molecule has 0 aliphatic carbocycles. The van der Waals surface area contributed by atoms with Crippen molar-refractivity contribution in [3.63, 3.8) is 0 Å². The van der Waals surface area contributed by atoms with Gasteiger partial charge in [-0.25, -0.2) is 14.6 Å². The van der Waals surface area contributed by atoms with Crippen LogP contribution in [-0.4, -0.2) is 39.0 Å². The monoisotopic (exact) mass is 636 g/mol. The quantitative estimate of drug-likeness (QED) is 0.123. The van der Waals surface area contributed by atoms with Crippen LogP contribution in [0.25, 0.3) is 22.3 Å². The van der Waals surface area contributed by atoms with Crippen LogP contribution in [0.1, 0.15) is 69.3 Å². The van der Waals surface area contributed by atoms with E-state index in [4.69, 9.17) is 21.6 Å². The molecule has 0 N–H and O–H groups in total. The number of hydrogen-bond donors (Lipinski definition) is 0. The van der Waals surface area contributed by atoms with Crippen LogP contribution in [0.4, 0.5) is 11.6 Å². The molecular formula is C32H41IN6. The zero-order chi connectivity index (χ0) is 26.6. The Morgan fingerprint density at radius 1 is 0.769 bits per heavy atom. The van der Waals surface area contributed by atoms with Crippen LogP contribution in [0.15, 0.2) is 61.2 Å². The standard InChI is InChI=1S/C32H40N6.HI/c1-6-8-15-21-36-30-31(34-28-20-14-13-19-27(28)33-30)37(22-16-9-7-2)32(36)23(3)29-24(4)35-38(25(29)5)26-17-11-10-12-18-26;/h10-14,17-20,32H,3,6-9,15-16,21-22H2,1-2,4-5H3;1H. The highest BCUT2D eigenvalue weighted by atomic mass is 127. The Bertz CT molecular complexity index is 1360. The Kier molecular flexibility index (Phi) is 9.64. The number of aryl methyl sites for hydroxylation is 1. The van der Waals surface area contributed by atoms with E-state index in [0.29, 0.717) is 0 Å². The lowest BCUT2D eigenvalue weighted by Gasteiger charge is -2.34. The van der Waals surface area contributed by atoms with Crippen LogP contribution in [0.5, 0.6) is 0 Å². The first kappa shape index (κ1) is 29.1. The van der Waals surface area contributed by atoms with Crippen molar-refractivity contribution in [2.24, 2.45) is 0 Å². The van der Waals surface area contributed by atoms with Gasteiger partial charge < -0.3 is 9.80 Å². The van der Waals surface area contributed by atoms with Gasteiger partial charge in [-0.2, -0.15) is 5.10 Å². The van der Waals surface area contributed by atoms with Gasteiger partial charge in [0.05, 0.1) is 22.4 Å². The minimum atomic E-state index is -0.0404. The number of halogens is 1. The molecule has 0 saturated heterocycles. The molecule has 206 valence electrons. The molecule has 0 atom stereocenters. The smallest absolute Gasteiger partial charge is 0.174 e. The molecule has 0 radical (unpaired) electrons. The molecule has 0 bridgehead atoms. The molecule has 39 heavy (non-hydrogen) atoms. The minimum Gasteiger partial charge on any atom is -0.329 e.